The third kappa shape index (κ3) is 4.15. The van der Waals surface area contributed by atoms with Crippen LogP contribution in [0, 0.1) is 13.8 Å². The molecule has 5 nitrogen and oxygen atoms in total. The van der Waals surface area contributed by atoms with E-state index in [2.05, 4.69) is 9.88 Å². The topological polar surface area (TPSA) is 72.2 Å². The maximum absolute atomic E-state index is 12.5. The molecule has 0 saturated heterocycles. The van der Waals surface area contributed by atoms with Crippen molar-refractivity contribution in [1.82, 2.24) is 9.88 Å². The average molecular weight is 356 g/mol. The van der Waals surface area contributed by atoms with Gasteiger partial charge in [0.2, 0.25) is 10.0 Å². The van der Waals surface area contributed by atoms with Gasteiger partial charge < -0.3 is 4.52 Å². The molecule has 0 unspecified atom stereocenters. The van der Waals surface area contributed by atoms with Gasteiger partial charge in [0.1, 0.15) is 0 Å². The molecule has 6 heteroatoms. The number of benzene rings is 2. The molecule has 0 aliphatic heterocycles. The third-order valence-electron chi connectivity index (χ3n) is 3.93. The highest BCUT2D eigenvalue weighted by Gasteiger charge is 2.17. The van der Waals surface area contributed by atoms with Crippen LogP contribution in [0.5, 0.6) is 0 Å². The van der Waals surface area contributed by atoms with Crippen molar-refractivity contribution >= 4 is 10.0 Å². The van der Waals surface area contributed by atoms with Crippen LogP contribution in [-0.4, -0.2) is 20.1 Å². The Labute approximate surface area is 147 Å². The van der Waals surface area contributed by atoms with Crippen LogP contribution in [-0.2, 0) is 16.4 Å². The second kappa shape index (κ2) is 7.21. The predicted octanol–water partition coefficient (Wildman–Crippen LogP) is 3.48. The first-order valence-corrected chi connectivity index (χ1v) is 9.52. The normalized spacial score (nSPS) is 11.6. The molecule has 1 aromatic heterocycles. The maximum Gasteiger partial charge on any atom is 0.240 e. The van der Waals surface area contributed by atoms with Crippen molar-refractivity contribution in [3.05, 3.63) is 71.4 Å². The summed E-state index contributed by atoms with van der Waals surface area (Å²) in [5.41, 5.74) is 3.35. The lowest BCUT2D eigenvalue weighted by Crippen LogP contribution is -2.26. The summed E-state index contributed by atoms with van der Waals surface area (Å²) in [6.45, 7) is 3.97. The molecule has 0 bridgehead atoms. The highest BCUT2D eigenvalue weighted by atomic mass is 32.2. The van der Waals surface area contributed by atoms with Crippen LogP contribution in [0.15, 0.2) is 64.0 Å². The molecule has 0 saturated carbocycles. The van der Waals surface area contributed by atoms with Crippen LogP contribution >= 0.6 is 0 Å². The van der Waals surface area contributed by atoms with Crippen molar-refractivity contribution < 1.29 is 12.9 Å². The Hall–Kier alpha value is -2.44. The van der Waals surface area contributed by atoms with Gasteiger partial charge in [0.05, 0.1) is 10.6 Å². The standard InChI is InChI=1S/C19H20N2O3S/c1-14-12-17(18-13-15(2)21-24-18)8-9-19(14)25(22,23)20-11-10-16-6-4-3-5-7-16/h3-9,12-13,20H,10-11H2,1-2H3. The summed E-state index contributed by atoms with van der Waals surface area (Å²) in [4.78, 5) is 0.278. The maximum atomic E-state index is 12.5. The van der Waals surface area contributed by atoms with Crippen LogP contribution in [0.1, 0.15) is 16.8 Å². The van der Waals surface area contributed by atoms with Crippen molar-refractivity contribution in [3.8, 4) is 11.3 Å². The van der Waals surface area contributed by atoms with Crippen LogP contribution in [0.4, 0.5) is 0 Å². The first-order chi connectivity index (χ1) is 12.0. The van der Waals surface area contributed by atoms with E-state index in [0.29, 0.717) is 24.3 Å². The summed E-state index contributed by atoms with van der Waals surface area (Å²) >= 11 is 0. The number of rotatable bonds is 6. The minimum atomic E-state index is -3.55. The number of hydrogen-bond donors (Lipinski definition) is 1. The second-order valence-electron chi connectivity index (χ2n) is 5.95. The van der Waals surface area contributed by atoms with Gasteiger partial charge in [-0.2, -0.15) is 0 Å². The lowest BCUT2D eigenvalue weighted by Gasteiger charge is -2.10. The van der Waals surface area contributed by atoms with Crippen molar-refractivity contribution in [2.75, 3.05) is 6.54 Å². The molecule has 3 rings (SSSR count). The van der Waals surface area contributed by atoms with Gasteiger partial charge in [-0.05, 0) is 49.6 Å². The molecule has 3 aromatic rings. The monoisotopic (exact) mass is 356 g/mol. The molecule has 0 atom stereocenters. The number of hydrogen-bond acceptors (Lipinski definition) is 4. The molecule has 0 amide bonds. The van der Waals surface area contributed by atoms with Gasteiger partial charge in [-0.15, -0.1) is 0 Å². The van der Waals surface area contributed by atoms with Gasteiger partial charge in [0.15, 0.2) is 5.76 Å². The molecule has 2 aromatic carbocycles. The molecule has 0 aliphatic carbocycles. The third-order valence-corrected chi connectivity index (χ3v) is 5.55. The van der Waals surface area contributed by atoms with Crippen LogP contribution < -0.4 is 4.72 Å². The molecular formula is C19H20N2O3S. The van der Waals surface area contributed by atoms with Crippen molar-refractivity contribution in [3.63, 3.8) is 0 Å². The van der Waals surface area contributed by atoms with E-state index in [0.717, 1.165) is 16.8 Å². The van der Waals surface area contributed by atoms with Crippen molar-refractivity contribution in [1.29, 1.82) is 0 Å². The molecule has 0 aliphatic rings. The molecule has 130 valence electrons. The first-order valence-electron chi connectivity index (χ1n) is 8.04. The Bertz CT molecular complexity index is 963. The zero-order valence-electron chi connectivity index (χ0n) is 14.2. The average Bonchev–Trinajstić information content (AvgIpc) is 3.02. The molecule has 1 N–H and O–H groups in total. The molecule has 0 radical (unpaired) electrons. The Morgan fingerprint density at radius 3 is 2.44 bits per heavy atom. The van der Waals surface area contributed by atoms with Gasteiger partial charge in [0, 0.05) is 18.2 Å². The fourth-order valence-electron chi connectivity index (χ4n) is 2.66. The highest BCUT2D eigenvalue weighted by Crippen LogP contribution is 2.25. The highest BCUT2D eigenvalue weighted by molar-refractivity contribution is 7.89. The van der Waals surface area contributed by atoms with Crippen LogP contribution in [0.3, 0.4) is 0 Å². The summed E-state index contributed by atoms with van der Waals surface area (Å²) in [5, 5.41) is 3.86. The van der Waals surface area contributed by atoms with Crippen molar-refractivity contribution in [2.24, 2.45) is 0 Å². The van der Waals surface area contributed by atoms with Gasteiger partial charge in [-0.1, -0.05) is 35.5 Å². The minimum absolute atomic E-state index is 0.278. The fraction of sp³-hybridized carbons (Fsp3) is 0.211. The Morgan fingerprint density at radius 1 is 1.04 bits per heavy atom. The SMILES string of the molecule is Cc1cc(-c2ccc(S(=O)(=O)NCCc3ccccc3)c(C)c2)on1. The van der Waals surface area contributed by atoms with E-state index in [9.17, 15) is 8.42 Å². The van der Waals surface area contributed by atoms with Gasteiger partial charge >= 0.3 is 0 Å². The van der Waals surface area contributed by atoms with E-state index >= 15 is 0 Å². The lowest BCUT2D eigenvalue weighted by molar-refractivity contribution is 0.427. The summed E-state index contributed by atoms with van der Waals surface area (Å²) in [6, 6.07) is 16.7. The Morgan fingerprint density at radius 2 is 1.80 bits per heavy atom. The molecular weight excluding hydrogens is 336 g/mol. The first kappa shape index (κ1) is 17.4. The van der Waals surface area contributed by atoms with E-state index in [4.69, 9.17) is 4.52 Å². The number of nitrogens with zero attached hydrogens (tertiary/aromatic N) is 1. The molecule has 1 heterocycles. The number of sulfonamides is 1. The minimum Gasteiger partial charge on any atom is -0.356 e. The predicted molar refractivity (Wildman–Crippen MR) is 96.7 cm³/mol. The zero-order valence-corrected chi connectivity index (χ0v) is 15.0. The van der Waals surface area contributed by atoms with E-state index in [1.807, 2.05) is 43.3 Å². The molecule has 25 heavy (non-hydrogen) atoms. The number of aromatic nitrogens is 1. The van der Waals surface area contributed by atoms with E-state index < -0.39 is 10.0 Å². The molecule has 0 spiro atoms. The van der Waals surface area contributed by atoms with Gasteiger partial charge in [-0.25, -0.2) is 13.1 Å². The lowest BCUT2D eigenvalue weighted by atomic mass is 10.1. The smallest absolute Gasteiger partial charge is 0.240 e. The summed E-state index contributed by atoms with van der Waals surface area (Å²) < 4.78 is 33.0. The summed E-state index contributed by atoms with van der Waals surface area (Å²) in [6.07, 6.45) is 0.647. The van der Waals surface area contributed by atoms with Gasteiger partial charge in [-0.3, -0.25) is 0 Å². The Kier molecular flexibility index (Phi) is 5.01. The van der Waals surface area contributed by atoms with E-state index in [-0.39, 0.29) is 4.90 Å². The van der Waals surface area contributed by atoms with Gasteiger partial charge in [0.25, 0.3) is 0 Å². The van der Waals surface area contributed by atoms with Crippen LogP contribution in [0.25, 0.3) is 11.3 Å². The zero-order chi connectivity index (χ0) is 17.9. The number of nitrogens with one attached hydrogen (secondary N) is 1. The largest absolute Gasteiger partial charge is 0.356 e. The molecule has 0 fully saturated rings. The summed E-state index contributed by atoms with van der Waals surface area (Å²) in [7, 11) is -3.55. The van der Waals surface area contributed by atoms with E-state index in [1.165, 1.54) is 0 Å². The summed E-state index contributed by atoms with van der Waals surface area (Å²) in [5.74, 6) is 0.626. The second-order valence-corrected chi connectivity index (χ2v) is 7.68. The van der Waals surface area contributed by atoms with E-state index in [1.54, 1.807) is 25.1 Å². The Balaban J connectivity index is 1.73. The van der Waals surface area contributed by atoms with Crippen LogP contribution in [0.2, 0.25) is 0 Å². The quantitative estimate of drug-likeness (QED) is 0.734. The number of aryl methyl sites for hydroxylation is 2. The van der Waals surface area contributed by atoms with Crippen molar-refractivity contribution in [2.45, 2.75) is 25.2 Å². The fourth-order valence-corrected chi connectivity index (χ4v) is 3.91.